The summed E-state index contributed by atoms with van der Waals surface area (Å²) in [5, 5.41) is 0.992. The first kappa shape index (κ1) is 16.3. The fourth-order valence-electron chi connectivity index (χ4n) is 1.94. The third-order valence-corrected chi connectivity index (χ3v) is 4.17. The number of amides is 1. The summed E-state index contributed by atoms with van der Waals surface area (Å²) in [4.78, 5) is 18.3. The highest BCUT2D eigenvalue weighted by molar-refractivity contribution is 9.10. The molecule has 0 bridgehead atoms. The van der Waals surface area contributed by atoms with E-state index in [1.165, 1.54) is 0 Å². The molecule has 1 amide bonds. The molecule has 0 N–H and O–H groups in total. The van der Waals surface area contributed by atoms with Gasteiger partial charge in [-0.2, -0.15) is 0 Å². The Morgan fingerprint density at radius 3 is 2.43 bits per heavy atom. The minimum Gasteiger partial charge on any atom is -0.297 e. The molecule has 0 spiro atoms. The normalized spacial score (nSPS) is 10.5. The molecule has 6 heteroatoms. The average molecular weight is 388 g/mol. The fourth-order valence-corrected chi connectivity index (χ4v) is 2.71. The maximum atomic E-state index is 12.5. The van der Waals surface area contributed by atoms with Crippen molar-refractivity contribution in [3.8, 4) is 0 Å². The van der Waals surface area contributed by atoms with Gasteiger partial charge in [-0.15, -0.1) is 0 Å². The Balaban J connectivity index is 2.23. The van der Waals surface area contributed by atoms with E-state index >= 15 is 0 Å². The number of carbonyl (C=O) groups is 1. The maximum absolute atomic E-state index is 12.5. The van der Waals surface area contributed by atoms with Crippen molar-refractivity contribution in [3.05, 3.63) is 56.6 Å². The van der Waals surface area contributed by atoms with E-state index in [0.717, 1.165) is 4.47 Å². The zero-order valence-corrected chi connectivity index (χ0v) is 14.4. The molecule has 2 aromatic rings. The van der Waals surface area contributed by atoms with Gasteiger partial charge in [-0.1, -0.05) is 29.3 Å². The largest absolute Gasteiger partial charge is 0.297 e. The van der Waals surface area contributed by atoms with Gasteiger partial charge in [0.15, 0.2) is 0 Å². The van der Waals surface area contributed by atoms with Gasteiger partial charge in [0.25, 0.3) is 0 Å². The second kappa shape index (κ2) is 7.25. The number of anilines is 1. The molecule has 21 heavy (non-hydrogen) atoms. The summed E-state index contributed by atoms with van der Waals surface area (Å²) in [6.07, 6.45) is 1.80. The first-order valence-corrected chi connectivity index (χ1v) is 7.92. The van der Waals surface area contributed by atoms with Crippen molar-refractivity contribution in [2.75, 3.05) is 11.4 Å². The number of carbonyl (C=O) groups excluding carboxylic acids is 1. The van der Waals surface area contributed by atoms with Crippen LogP contribution in [0.4, 0.5) is 5.82 Å². The summed E-state index contributed by atoms with van der Waals surface area (Å²) in [7, 11) is 0. The molecule has 1 aromatic carbocycles. The highest BCUT2D eigenvalue weighted by atomic mass is 79.9. The van der Waals surface area contributed by atoms with Gasteiger partial charge >= 0.3 is 0 Å². The first-order valence-electron chi connectivity index (χ1n) is 6.37. The van der Waals surface area contributed by atoms with Gasteiger partial charge < -0.3 is 0 Å². The molecule has 0 aliphatic carbocycles. The number of nitrogens with zero attached hydrogens (tertiary/aromatic N) is 2. The zero-order valence-electron chi connectivity index (χ0n) is 11.3. The smallest absolute Gasteiger partial charge is 0.232 e. The minimum absolute atomic E-state index is 0.0951. The summed E-state index contributed by atoms with van der Waals surface area (Å²) < 4.78 is 0.865. The van der Waals surface area contributed by atoms with E-state index in [0.29, 0.717) is 28.0 Å². The second-order valence-corrected chi connectivity index (χ2v) is 6.08. The highest BCUT2D eigenvalue weighted by Crippen LogP contribution is 2.26. The summed E-state index contributed by atoms with van der Waals surface area (Å²) in [6, 6.07) is 8.85. The predicted octanol–water partition coefficient (Wildman–Crippen LogP) is 4.75. The maximum Gasteiger partial charge on any atom is 0.232 e. The van der Waals surface area contributed by atoms with Gasteiger partial charge in [0, 0.05) is 27.3 Å². The standard InChI is InChI=1S/C15H13BrCl2N2O/c1-2-20(14-7-6-10(16)9-19-14)15(21)8-11-12(17)4-3-5-13(11)18/h3-7,9H,2,8H2,1H3. The number of pyridine rings is 1. The van der Waals surface area contributed by atoms with Crippen molar-refractivity contribution >= 4 is 50.9 Å². The molecule has 3 nitrogen and oxygen atoms in total. The molecule has 2 rings (SSSR count). The van der Waals surface area contributed by atoms with Crippen molar-refractivity contribution in [2.24, 2.45) is 0 Å². The van der Waals surface area contributed by atoms with E-state index in [9.17, 15) is 4.79 Å². The first-order chi connectivity index (χ1) is 10.0. The number of likely N-dealkylation sites (N-methyl/N-ethyl adjacent to an activating group) is 1. The highest BCUT2D eigenvalue weighted by Gasteiger charge is 2.18. The molecule has 0 atom stereocenters. The van der Waals surface area contributed by atoms with Gasteiger partial charge in [0.05, 0.1) is 6.42 Å². The monoisotopic (exact) mass is 386 g/mol. The van der Waals surface area contributed by atoms with Gasteiger partial charge in [0.2, 0.25) is 5.91 Å². The third-order valence-electron chi connectivity index (χ3n) is 3.00. The molecule has 110 valence electrons. The predicted molar refractivity (Wildman–Crippen MR) is 90.1 cm³/mol. The number of hydrogen-bond acceptors (Lipinski definition) is 2. The van der Waals surface area contributed by atoms with Gasteiger partial charge in [0.1, 0.15) is 5.82 Å². The Kier molecular flexibility index (Phi) is 5.62. The van der Waals surface area contributed by atoms with Crippen molar-refractivity contribution < 1.29 is 4.79 Å². The molecule has 0 saturated heterocycles. The van der Waals surface area contributed by atoms with E-state index in [2.05, 4.69) is 20.9 Å². The van der Waals surface area contributed by atoms with Crippen molar-refractivity contribution in [1.29, 1.82) is 0 Å². The van der Waals surface area contributed by atoms with Crippen LogP contribution in [-0.4, -0.2) is 17.4 Å². The van der Waals surface area contributed by atoms with E-state index in [1.54, 1.807) is 35.4 Å². The quantitative estimate of drug-likeness (QED) is 0.758. The molecule has 0 aliphatic heterocycles. The second-order valence-electron chi connectivity index (χ2n) is 4.35. The van der Waals surface area contributed by atoms with Crippen molar-refractivity contribution in [2.45, 2.75) is 13.3 Å². The van der Waals surface area contributed by atoms with Crippen LogP contribution in [0.3, 0.4) is 0 Å². The molecular weight excluding hydrogens is 375 g/mol. The van der Waals surface area contributed by atoms with Crippen LogP contribution < -0.4 is 4.90 Å². The van der Waals surface area contributed by atoms with Crippen molar-refractivity contribution in [3.63, 3.8) is 0 Å². The molecule has 0 fully saturated rings. The molecule has 1 aromatic heterocycles. The van der Waals surface area contributed by atoms with E-state index in [1.807, 2.05) is 13.0 Å². The molecule has 0 saturated carbocycles. The Hall–Kier alpha value is -1.10. The molecular formula is C15H13BrCl2N2O. The fraction of sp³-hybridized carbons (Fsp3) is 0.200. The van der Waals surface area contributed by atoms with Crippen LogP contribution in [0.1, 0.15) is 12.5 Å². The van der Waals surface area contributed by atoms with Crippen LogP contribution in [0.15, 0.2) is 41.0 Å². The Bertz CT molecular complexity index is 626. The van der Waals surface area contributed by atoms with Crippen LogP contribution in [0.25, 0.3) is 0 Å². The number of aromatic nitrogens is 1. The number of halogens is 3. The Morgan fingerprint density at radius 1 is 1.24 bits per heavy atom. The lowest BCUT2D eigenvalue weighted by Gasteiger charge is -2.20. The zero-order chi connectivity index (χ0) is 15.4. The topological polar surface area (TPSA) is 33.2 Å². The van der Waals surface area contributed by atoms with E-state index in [-0.39, 0.29) is 12.3 Å². The lowest BCUT2D eigenvalue weighted by molar-refractivity contribution is -0.118. The van der Waals surface area contributed by atoms with Gasteiger partial charge in [-0.25, -0.2) is 4.98 Å². The summed E-state index contributed by atoms with van der Waals surface area (Å²) in [5.74, 6) is 0.510. The van der Waals surface area contributed by atoms with E-state index in [4.69, 9.17) is 23.2 Å². The van der Waals surface area contributed by atoms with Crippen LogP contribution in [0, 0.1) is 0 Å². The number of benzene rings is 1. The average Bonchev–Trinajstić information content (AvgIpc) is 2.46. The van der Waals surface area contributed by atoms with E-state index < -0.39 is 0 Å². The minimum atomic E-state index is -0.0951. The number of rotatable bonds is 4. The van der Waals surface area contributed by atoms with Crippen LogP contribution >= 0.6 is 39.1 Å². The summed E-state index contributed by atoms with van der Waals surface area (Å²) >= 11 is 15.5. The van der Waals surface area contributed by atoms with Gasteiger partial charge in [-0.05, 0) is 52.7 Å². The van der Waals surface area contributed by atoms with Crippen LogP contribution in [0.5, 0.6) is 0 Å². The molecule has 0 radical (unpaired) electrons. The summed E-state index contributed by atoms with van der Waals surface area (Å²) in [5.41, 5.74) is 0.640. The molecule has 0 unspecified atom stereocenters. The van der Waals surface area contributed by atoms with Crippen LogP contribution in [0.2, 0.25) is 10.0 Å². The SMILES string of the molecule is CCN(C(=O)Cc1c(Cl)cccc1Cl)c1ccc(Br)cn1. The number of hydrogen-bond donors (Lipinski definition) is 0. The molecule has 1 heterocycles. The Labute approximate surface area is 142 Å². The molecule has 0 aliphatic rings. The van der Waals surface area contributed by atoms with Crippen molar-refractivity contribution in [1.82, 2.24) is 4.98 Å². The third kappa shape index (κ3) is 3.96. The van der Waals surface area contributed by atoms with Crippen LogP contribution in [-0.2, 0) is 11.2 Å². The van der Waals surface area contributed by atoms with Gasteiger partial charge in [-0.3, -0.25) is 9.69 Å². The lowest BCUT2D eigenvalue weighted by Crippen LogP contribution is -2.32. The lowest BCUT2D eigenvalue weighted by atomic mass is 10.1. The Morgan fingerprint density at radius 2 is 1.90 bits per heavy atom. The summed E-state index contributed by atoms with van der Waals surface area (Å²) in [6.45, 7) is 2.42.